The Labute approximate surface area is 79.6 Å². The molecule has 0 aromatic carbocycles. The molecule has 0 aliphatic rings. The predicted octanol–water partition coefficient (Wildman–Crippen LogP) is -3.02. The van der Waals surface area contributed by atoms with E-state index in [0.717, 1.165) is 0 Å². The van der Waals surface area contributed by atoms with E-state index >= 15 is 0 Å². The largest absolute Gasteiger partial charge is 0.394 e. The molecule has 7 heteroatoms. The third-order valence-corrected chi connectivity index (χ3v) is 1.82. The second-order valence-corrected chi connectivity index (χ2v) is 3.04. The van der Waals surface area contributed by atoms with Crippen molar-refractivity contribution in [2.45, 2.75) is 30.0 Å². The van der Waals surface area contributed by atoms with Gasteiger partial charge in [-0.3, -0.25) is 0 Å². The van der Waals surface area contributed by atoms with Gasteiger partial charge in [-0.25, -0.2) is 0 Å². The molecule has 5 atom stereocenters. The Balaban J connectivity index is 4.15. The van der Waals surface area contributed by atoms with Crippen molar-refractivity contribution in [2.24, 2.45) is 0 Å². The lowest BCUT2D eigenvalue weighted by Gasteiger charge is -2.26. The fourth-order valence-electron chi connectivity index (χ4n) is 0.700. The van der Waals surface area contributed by atoms with Crippen LogP contribution >= 0.6 is 11.6 Å². The van der Waals surface area contributed by atoms with E-state index < -0.39 is 36.6 Å². The molecule has 6 N–H and O–H groups in total. The zero-order chi connectivity index (χ0) is 10.6. The van der Waals surface area contributed by atoms with Crippen LogP contribution < -0.4 is 0 Å². The Bertz CT molecular complexity index is 143. The molecule has 0 heterocycles. The summed E-state index contributed by atoms with van der Waals surface area (Å²) < 4.78 is 0. The van der Waals surface area contributed by atoms with Crippen LogP contribution in [-0.2, 0) is 0 Å². The monoisotopic (exact) mass is 216 g/mol. The molecule has 0 spiro atoms. The molecular formula is C6H13ClO6. The third kappa shape index (κ3) is 3.74. The highest BCUT2D eigenvalue weighted by atomic mass is 35.5. The van der Waals surface area contributed by atoms with Crippen molar-refractivity contribution in [3.8, 4) is 0 Å². The highest BCUT2D eigenvalue weighted by Gasteiger charge is 2.33. The van der Waals surface area contributed by atoms with E-state index in [1.54, 1.807) is 0 Å². The maximum absolute atomic E-state index is 9.04. The molecule has 1 unspecified atom stereocenters. The van der Waals surface area contributed by atoms with Crippen LogP contribution in [0.2, 0.25) is 0 Å². The number of aliphatic hydroxyl groups excluding tert-OH is 6. The van der Waals surface area contributed by atoms with E-state index in [0.29, 0.717) is 0 Å². The number of hydrogen-bond donors (Lipinski definition) is 6. The number of hydrogen-bond acceptors (Lipinski definition) is 6. The predicted molar refractivity (Wildman–Crippen MR) is 43.0 cm³/mol. The highest BCUT2D eigenvalue weighted by molar-refractivity contribution is 6.19. The Morgan fingerprint density at radius 3 is 1.62 bits per heavy atom. The molecule has 6 nitrogen and oxygen atoms in total. The SMILES string of the molecule is OC[C@@H](O)[C@@H](O)[C@H](O)[C@@H](O)C(O)Cl. The summed E-state index contributed by atoms with van der Waals surface area (Å²) in [4.78, 5) is 0. The van der Waals surface area contributed by atoms with Gasteiger partial charge >= 0.3 is 0 Å². The van der Waals surface area contributed by atoms with Gasteiger partial charge < -0.3 is 30.6 Å². The molecule has 0 aliphatic carbocycles. The standard InChI is InChI=1S/C6H13ClO6/c7-6(13)5(12)4(11)3(10)2(9)1-8/h2-6,8-13H,1H2/t2-,3-,4+,5-,6?/m1/s1. The number of aliphatic hydroxyl groups is 6. The van der Waals surface area contributed by atoms with E-state index in [9.17, 15) is 0 Å². The van der Waals surface area contributed by atoms with Crippen molar-refractivity contribution >= 4 is 11.6 Å². The molecule has 0 bridgehead atoms. The number of halogens is 1. The molecule has 0 rings (SSSR count). The molecule has 0 aromatic rings. The molecule has 0 amide bonds. The zero-order valence-corrected chi connectivity index (χ0v) is 7.41. The van der Waals surface area contributed by atoms with Gasteiger partial charge in [0.2, 0.25) is 0 Å². The topological polar surface area (TPSA) is 121 Å². The number of rotatable bonds is 5. The average Bonchev–Trinajstić information content (AvgIpc) is 2.12. The van der Waals surface area contributed by atoms with Crippen molar-refractivity contribution in [2.75, 3.05) is 6.61 Å². The van der Waals surface area contributed by atoms with Crippen molar-refractivity contribution in [3.05, 3.63) is 0 Å². The molecule has 0 saturated heterocycles. The van der Waals surface area contributed by atoms with Gasteiger partial charge in [0.25, 0.3) is 0 Å². The van der Waals surface area contributed by atoms with E-state index in [1.165, 1.54) is 0 Å². The van der Waals surface area contributed by atoms with Crippen LogP contribution in [0.25, 0.3) is 0 Å². The van der Waals surface area contributed by atoms with Crippen LogP contribution in [0, 0.1) is 0 Å². The van der Waals surface area contributed by atoms with E-state index in [2.05, 4.69) is 0 Å². The first-order chi connectivity index (χ1) is 5.91. The van der Waals surface area contributed by atoms with Crippen LogP contribution in [0.3, 0.4) is 0 Å². The maximum atomic E-state index is 9.04. The third-order valence-electron chi connectivity index (χ3n) is 1.56. The molecule has 13 heavy (non-hydrogen) atoms. The normalized spacial score (nSPS) is 23.3. The minimum absolute atomic E-state index is 0.774. The first-order valence-electron chi connectivity index (χ1n) is 3.57. The lowest BCUT2D eigenvalue weighted by molar-refractivity contribution is -0.128. The van der Waals surface area contributed by atoms with E-state index in [1.807, 2.05) is 0 Å². The van der Waals surface area contributed by atoms with Crippen LogP contribution in [0.1, 0.15) is 0 Å². The van der Waals surface area contributed by atoms with Crippen LogP contribution in [-0.4, -0.2) is 67.2 Å². The van der Waals surface area contributed by atoms with Gasteiger partial charge in [0.05, 0.1) is 6.61 Å². The Morgan fingerprint density at radius 2 is 1.31 bits per heavy atom. The quantitative estimate of drug-likeness (QED) is 0.272. The summed E-state index contributed by atoms with van der Waals surface area (Å²) in [7, 11) is 0. The van der Waals surface area contributed by atoms with Gasteiger partial charge in [0, 0.05) is 0 Å². The van der Waals surface area contributed by atoms with Gasteiger partial charge in [-0.15, -0.1) is 0 Å². The molecule has 0 aromatic heterocycles. The minimum atomic E-state index is -1.82. The maximum Gasteiger partial charge on any atom is 0.156 e. The second-order valence-electron chi connectivity index (χ2n) is 2.59. The molecule has 80 valence electrons. The molecule has 0 fully saturated rings. The first-order valence-corrected chi connectivity index (χ1v) is 4.00. The molecule has 0 aliphatic heterocycles. The van der Waals surface area contributed by atoms with Crippen LogP contribution in [0.4, 0.5) is 0 Å². The molecule has 0 saturated carbocycles. The summed E-state index contributed by atoms with van der Waals surface area (Å²) in [6, 6.07) is 0. The smallest absolute Gasteiger partial charge is 0.156 e. The van der Waals surface area contributed by atoms with E-state index in [4.69, 9.17) is 42.2 Å². The van der Waals surface area contributed by atoms with Gasteiger partial charge in [0.1, 0.15) is 24.4 Å². The lowest BCUT2D eigenvalue weighted by Crippen LogP contribution is -2.48. The Hall–Kier alpha value is 0.0500. The van der Waals surface area contributed by atoms with Gasteiger partial charge in [-0.2, -0.15) is 0 Å². The van der Waals surface area contributed by atoms with E-state index in [-0.39, 0.29) is 0 Å². The van der Waals surface area contributed by atoms with Gasteiger partial charge in [-0.1, -0.05) is 11.6 Å². The Kier molecular flexibility index (Phi) is 5.73. The summed E-state index contributed by atoms with van der Waals surface area (Å²) in [5.74, 6) is 0. The summed E-state index contributed by atoms with van der Waals surface area (Å²) >= 11 is 5.01. The molecular weight excluding hydrogens is 204 g/mol. The van der Waals surface area contributed by atoms with Crippen molar-refractivity contribution in [3.63, 3.8) is 0 Å². The van der Waals surface area contributed by atoms with Crippen molar-refractivity contribution in [1.29, 1.82) is 0 Å². The average molecular weight is 217 g/mol. The summed E-state index contributed by atoms with van der Waals surface area (Å²) in [6.07, 6.45) is -6.99. The summed E-state index contributed by atoms with van der Waals surface area (Å²) in [5, 5.41) is 52.8. The van der Waals surface area contributed by atoms with Gasteiger partial charge in [0.15, 0.2) is 5.56 Å². The summed E-state index contributed by atoms with van der Waals surface area (Å²) in [6.45, 7) is -0.774. The Morgan fingerprint density at radius 1 is 0.846 bits per heavy atom. The number of alkyl halides is 1. The van der Waals surface area contributed by atoms with Crippen molar-refractivity contribution < 1.29 is 30.6 Å². The van der Waals surface area contributed by atoms with Crippen molar-refractivity contribution in [1.82, 2.24) is 0 Å². The molecule has 0 radical (unpaired) electrons. The lowest BCUT2D eigenvalue weighted by atomic mass is 10.0. The van der Waals surface area contributed by atoms with Crippen LogP contribution in [0.15, 0.2) is 0 Å². The fourth-order valence-corrected chi connectivity index (χ4v) is 0.849. The summed E-state index contributed by atoms with van der Waals surface area (Å²) in [5.41, 5.74) is -1.75. The highest BCUT2D eigenvalue weighted by Crippen LogP contribution is 2.10. The van der Waals surface area contributed by atoms with Gasteiger partial charge in [-0.05, 0) is 0 Å². The van der Waals surface area contributed by atoms with Crippen LogP contribution in [0.5, 0.6) is 0 Å². The minimum Gasteiger partial charge on any atom is -0.394 e. The first kappa shape index (κ1) is 13.1. The fraction of sp³-hybridized carbons (Fsp3) is 1.00. The zero-order valence-electron chi connectivity index (χ0n) is 6.66. The second kappa shape index (κ2) is 5.71.